The van der Waals surface area contributed by atoms with Crippen molar-refractivity contribution in [2.75, 3.05) is 13.1 Å². The topological polar surface area (TPSA) is 67.2 Å². The first-order chi connectivity index (χ1) is 15.8. The molecule has 1 amide bonds. The molecule has 1 fully saturated rings. The molecule has 4 rings (SSSR count). The van der Waals surface area contributed by atoms with Crippen LogP contribution in [0.2, 0.25) is 0 Å². The van der Waals surface area contributed by atoms with Gasteiger partial charge in [0.1, 0.15) is 0 Å². The van der Waals surface area contributed by atoms with Crippen LogP contribution in [0.5, 0.6) is 0 Å². The Bertz CT molecular complexity index is 1140. The minimum atomic E-state index is -0.840. The van der Waals surface area contributed by atoms with Gasteiger partial charge in [0.25, 0.3) is 0 Å². The number of nitrogens with zero attached hydrogens (tertiary/aromatic N) is 1. The molecule has 3 unspecified atom stereocenters. The quantitative estimate of drug-likeness (QED) is 0.560. The Balaban J connectivity index is 1.66. The first kappa shape index (κ1) is 23.1. The van der Waals surface area contributed by atoms with Crippen LogP contribution in [0.1, 0.15) is 54.5 Å². The maximum Gasteiger partial charge on any atom is 0.216 e. The number of nitrogens with one attached hydrogen (secondary N) is 2. The summed E-state index contributed by atoms with van der Waals surface area (Å²) in [7, 11) is 0. The summed E-state index contributed by atoms with van der Waals surface area (Å²) in [6.07, 6.45) is 1.45. The maximum absolute atomic E-state index is 14.0. The number of piperidine rings is 1. The highest BCUT2D eigenvalue weighted by Crippen LogP contribution is 2.42. The Labute approximate surface area is 192 Å². The summed E-state index contributed by atoms with van der Waals surface area (Å²) in [5.74, 6) is -1.08. The molecule has 0 saturated carbocycles. The molecular formula is C26H29F2N3O2. The Morgan fingerprint density at radius 3 is 2.73 bits per heavy atom. The standard InChI is InChI=1S/C26H29F2N3O2/c1-15-12-21(19-8-9-23(27)24(28)13-19)22(14-30-15)25-16(2)26(33-31-25)20-7-5-4-6-18(20)10-11-29-17(3)32/h4-9,13,15,21-22,30H,10-12,14H2,1-3H3,(H,29,32). The summed E-state index contributed by atoms with van der Waals surface area (Å²) in [4.78, 5) is 11.2. The Morgan fingerprint density at radius 2 is 1.97 bits per heavy atom. The Kier molecular flexibility index (Phi) is 6.88. The zero-order valence-corrected chi connectivity index (χ0v) is 19.1. The van der Waals surface area contributed by atoms with Gasteiger partial charge in [-0.2, -0.15) is 0 Å². The van der Waals surface area contributed by atoms with Crippen molar-refractivity contribution < 1.29 is 18.1 Å². The van der Waals surface area contributed by atoms with E-state index < -0.39 is 11.6 Å². The molecule has 0 spiro atoms. The Morgan fingerprint density at radius 1 is 1.18 bits per heavy atom. The number of benzene rings is 2. The van der Waals surface area contributed by atoms with E-state index in [1.54, 1.807) is 6.07 Å². The van der Waals surface area contributed by atoms with Gasteiger partial charge in [-0.15, -0.1) is 0 Å². The number of hydrogen-bond donors (Lipinski definition) is 2. The van der Waals surface area contributed by atoms with Crippen molar-refractivity contribution in [2.24, 2.45) is 0 Å². The predicted octanol–water partition coefficient (Wildman–Crippen LogP) is 4.86. The second-order valence-electron chi connectivity index (χ2n) is 8.84. The predicted molar refractivity (Wildman–Crippen MR) is 123 cm³/mol. The molecule has 33 heavy (non-hydrogen) atoms. The third kappa shape index (κ3) is 4.98. The molecule has 0 bridgehead atoms. The summed E-state index contributed by atoms with van der Waals surface area (Å²) in [5, 5.41) is 10.8. The van der Waals surface area contributed by atoms with Crippen molar-refractivity contribution in [2.45, 2.75) is 51.5 Å². The van der Waals surface area contributed by atoms with Crippen LogP contribution in [0.3, 0.4) is 0 Å². The SMILES string of the molecule is CC(=O)NCCc1ccccc1-c1onc(C2CNC(C)CC2c2ccc(F)c(F)c2)c1C. The first-order valence-electron chi connectivity index (χ1n) is 11.3. The molecule has 2 heterocycles. The Hall–Kier alpha value is -3.06. The fourth-order valence-electron chi connectivity index (χ4n) is 4.78. The van der Waals surface area contributed by atoms with Gasteiger partial charge in [-0.05, 0) is 55.9 Å². The van der Waals surface area contributed by atoms with Gasteiger partial charge < -0.3 is 15.2 Å². The molecule has 7 heteroatoms. The van der Waals surface area contributed by atoms with E-state index >= 15 is 0 Å². The molecule has 3 aromatic rings. The average molecular weight is 454 g/mol. The van der Waals surface area contributed by atoms with Crippen molar-refractivity contribution in [3.05, 3.63) is 76.5 Å². The van der Waals surface area contributed by atoms with E-state index in [0.29, 0.717) is 25.3 Å². The zero-order chi connectivity index (χ0) is 23.5. The van der Waals surface area contributed by atoms with Gasteiger partial charge in [-0.1, -0.05) is 35.5 Å². The number of carbonyl (C=O) groups is 1. The molecule has 0 radical (unpaired) electrons. The fraction of sp³-hybridized carbons (Fsp3) is 0.385. The lowest BCUT2D eigenvalue weighted by atomic mass is 9.76. The highest BCUT2D eigenvalue weighted by Gasteiger charge is 2.35. The third-order valence-corrected chi connectivity index (χ3v) is 6.49. The number of carbonyl (C=O) groups excluding carboxylic acids is 1. The average Bonchev–Trinajstić information content (AvgIpc) is 3.16. The molecular weight excluding hydrogens is 424 g/mol. The van der Waals surface area contributed by atoms with Gasteiger partial charge >= 0.3 is 0 Å². The molecule has 2 aromatic carbocycles. The van der Waals surface area contributed by atoms with Gasteiger partial charge in [-0.25, -0.2) is 8.78 Å². The van der Waals surface area contributed by atoms with E-state index in [-0.39, 0.29) is 23.8 Å². The number of rotatable bonds is 6. The molecule has 2 N–H and O–H groups in total. The molecule has 1 aromatic heterocycles. The summed E-state index contributed by atoms with van der Waals surface area (Å²) in [5.41, 5.74) is 4.55. The molecule has 1 aliphatic heterocycles. The van der Waals surface area contributed by atoms with E-state index in [9.17, 15) is 13.6 Å². The highest BCUT2D eigenvalue weighted by molar-refractivity contribution is 5.73. The lowest BCUT2D eigenvalue weighted by Crippen LogP contribution is -2.40. The smallest absolute Gasteiger partial charge is 0.216 e. The van der Waals surface area contributed by atoms with Crippen molar-refractivity contribution in [1.82, 2.24) is 15.8 Å². The van der Waals surface area contributed by atoms with Crippen LogP contribution < -0.4 is 10.6 Å². The van der Waals surface area contributed by atoms with Crippen LogP contribution in [-0.4, -0.2) is 30.2 Å². The molecule has 174 valence electrons. The summed E-state index contributed by atoms with van der Waals surface area (Å²) < 4.78 is 33.4. The van der Waals surface area contributed by atoms with E-state index in [1.807, 2.05) is 31.2 Å². The largest absolute Gasteiger partial charge is 0.356 e. The lowest BCUT2D eigenvalue weighted by Gasteiger charge is -2.35. The van der Waals surface area contributed by atoms with Crippen molar-refractivity contribution in [3.63, 3.8) is 0 Å². The lowest BCUT2D eigenvalue weighted by molar-refractivity contribution is -0.118. The fourth-order valence-corrected chi connectivity index (χ4v) is 4.78. The second kappa shape index (κ2) is 9.83. The number of hydrogen-bond acceptors (Lipinski definition) is 4. The molecule has 5 nitrogen and oxygen atoms in total. The highest BCUT2D eigenvalue weighted by atomic mass is 19.2. The maximum atomic E-state index is 14.0. The van der Waals surface area contributed by atoms with E-state index in [0.717, 1.165) is 34.4 Å². The van der Waals surface area contributed by atoms with Crippen LogP contribution in [0.25, 0.3) is 11.3 Å². The van der Waals surface area contributed by atoms with Crippen LogP contribution in [0.4, 0.5) is 8.78 Å². The van der Waals surface area contributed by atoms with Crippen LogP contribution in [0.15, 0.2) is 47.0 Å². The minimum Gasteiger partial charge on any atom is -0.356 e. The molecule has 3 atom stereocenters. The van der Waals surface area contributed by atoms with Crippen LogP contribution in [0, 0.1) is 18.6 Å². The number of amides is 1. The summed E-state index contributed by atoms with van der Waals surface area (Å²) in [6, 6.07) is 12.3. The van der Waals surface area contributed by atoms with E-state index in [1.165, 1.54) is 19.1 Å². The van der Waals surface area contributed by atoms with Crippen molar-refractivity contribution in [1.29, 1.82) is 0 Å². The van der Waals surface area contributed by atoms with E-state index in [4.69, 9.17) is 4.52 Å². The van der Waals surface area contributed by atoms with Gasteiger partial charge in [0.05, 0.1) is 5.69 Å². The molecule has 1 saturated heterocycles. The number of halogens is 2. The molecule has 1 aliphatic rings. The van der Waals surface area contributed by atoms with E-state index in [2.05, 4.69) is 22.7 Å². The van der Waals surface area contributed by atoms with Crippen LogP contribution >= 0.6 is 0 Å². The zero-order valence-electron chi connectivity index (χ0n) is 19.1. The first-order valence-corrected chi connectivity index (χ1v) is 11.3. The van der Waals surface area contributed by atoms with Crippen LogP contribution in [-0.2, 0) is 11.2 Å². The number of aromatic nitrogens is 1. The monoisotopic (exact) mass is 453 g/mol. The normalized spacial score (nSPS) is 20.6. The molecule has 0 aliphatic carbocycles. The van der Waals surface area contributed by atoms with Gasteiger partial charge in [-0.3, -0.25) is 4.79 Å². The summed E-state index contributed by atoms with van der Waals surface area (Å²) >= 11 is 0. The van der Waals surface area contributed by atoms with Gasteiger partial charge in [0.15, 0.2) is 17.4 Å². The summed E-state index contributed by atoms with van der Waals surface area (Å²) in [6.45, 7) is 6.79. The van der Waals surface area contributed by atoms with Crippen molar-refractivity contribution >= 4 is 5.91 Å². The second-order valence-corrected chi connectivity index (χ2v) is 8.84. The van der Waals surface area contributed by atoms with Gasteiger partial charge in [0.2, 0.25) is 5.91 Å². The van der Waals surface area contributed by atoms with Gasteiger partial charge in [0, 0.05) is 43.1 Å². The van der Waals surface area contributed by atoms with Crippen molar-refractivity contribution in [3.8, 4) is 11.3 Å². The third-order valence-electron chi connectivity index (χ3n) is 6.49. The minimum absolute atomic E-state index is 0.0111.